The van der Waals surface area contributed by atoms with Crippen molar-refractivity contribution in [2.24, 2.45) is 0 Å². The van der Waals surface area contributed by atoms with E-state index in [0.717, 1.165) is 20.1 Å². The predicted octanol–water partition coefficient (Wildman–Crippen LogP) is 3.26. The zero-order valence-corrected chi connectivity index (χ0v) is 17.2. The van der Waals surface area contributed by atoms with Crippen molar-refractivity contribution in [1.82, 2.24) is 15.2 Å². The van der Waals surface area contributed by atoms with E-state index in [0.29, 0.717) is 11.3 Å². The number of carbonyl (C=O) groups is 2. The number of nitrogens with one attached hydrogen (secondary N) is 1. The third kappa shape index (κ3) is 5.35. The molecule has 0 aliphatic rings. The molecule has 2 amide bonds. The van der Waals surface area contributed by atoms with Crippen LogP contribution in [0.4, 0.5) is 0 Å². The van der Waals surface area contributed by atoms with Crippen LogP contribution in [0.5, 0.6) is 0 Å². The fraction of sp³-hybridized carbons (Fsp3) is 0.190. The Bertz CT molecular complexity index is 1010. The molecule has 0 aliphatic heterocycles. The summed E-state index contributed by atoms with van der Waals surface area (Å²) < 4.78 is 2.00. The van der Waals surface area contributed by atoms with Crippen molar-refractivity contribution in [2.45, 2.75) is 4.34 Å². The topological polar surface area (TPSA) is 62.3 Å². The number of rotatable bonds is 5. The van der Waals surface area contributed by atoms with Gasteiger partial charge in [-0.05, 0) is 36.4 Å². The number of aromatic nitrogens is 1. The third-order valence-corrected chi connectivity index (χ3v) is 5.93. The number of carbonyl (C=O) groups excluding carboxylic acids is 2. The van der Waals surface area contributed by atoms with Crippen LogP contribution in [0.25, 0.3) is 10.2 Å². The van der Waals surface area contributed by atoms with Gasteiger partial charge in [0, 0.05) is 25.2 Å². The smallest absolute Gasteiger partial charge is 0.253 e. The third-order valence-electron chi connectivity index (χ3n) is 3.75. The molecule has 3 rings (SSSR count). The van der Waals surface area contributed by atoms with Gasteiger partial charge in [0.15, 0.2) is 4.34 Å². The molecule has 0 atom stereocenters. The summed E-state index contributed by atoms with van der Waals surface area (Å²) in [6.07, 6.45) is 0. The molecular weight excluding hydrogens is 390 g/mol. The van der Waals surface area contributed by atoms with Crippen molar-refractivity contribution in [3.63, 3.8) is 0 Å². The average molecular weight is 410 g/mol. The van der Waals surface area contributed by atoms with E-state index in [1.54, 1.807) is 49.7 Å². The van der Waals surface area contributed by atoms with Crippen molar-refractivity contribution in [3.05, 3.63) is 59.7 Å². The van der Waals surface area contributed by atoms with Gasteiger partial charge in [0.05, 0.1) is 22.5 Å². The number of hydrogen-bond donors (Lipinski definition) is 1. The number of para-hydroxylation sites is 1. The van der Waals surface area contributed by atoms with Crippen molar-refractivity contribution in [3.8, 4) is 11.8 Å². The number of thiazole rings is 1. The van der Waals surface area contributed by atoms with E-state index in [-0.39, 0.29) is 18.4 Å². The minimum absolute atomic E-state index is 0.0441. The van der Waals surface area contributed by atoms with E-state index in [1.807, 2.05) is 24.3 Å². The first-order chi connectivity index (χ1) is 13.5. The summed E-state index contributed by atoms with van der Waals surface area (Å²) in [5, 5.41) is 2.78. The summed E-state index contributed by atoms with van der Waals surface area (Å²) in [6, 6.07) is 15.0. The fourth-order valence-electron chi connectivity index (χ4n) is 2.33. The summed E-state index contributed by atoms with van der Waals surface area (Å²) >= 11 is 3.01. The number of thioether (sulfide) groups is 1. The van der Waals surface area contributed by atoms with Gasteiger partial charge < -0.3 is 10.2 Å². The van der Waals surface area contributed by atoms with Crippen LogP contribution >= 0.6 is 23.1 Å². The molecule has 0 unspecified atom stereocenters. The first kappa shape index (κ1) is 19.9. The molecule has 0 radical (unpaired) electrons. The highest BCUT2D eigenvalue weighted by Gasteiger charge is 2.07. The number of benzene rings is 2. The van der Waals surface area contributed by atoms with Crippen molar-refractivity contribution in [2.75, 3.05) is 26.4 Å². The second-order valence-corrected chi connectivity index (χ2v) is 8.34. The van der Waals surface area contributed by atoms with E-state index in [9.17, 15) is 9.59 Å². The van der Waals surface area contributed by atoms with Crippen LogP contribution in [0, 0.1) is 11.8 Å². The van der Waals surface area contributed by atoms with Crippen LogP contribution in [0.1, 0.15) is 15.9 Å². The molecule has 0 fully saturated rings. The maximum absolute atomic E-state index is 12.0. The van der Waals surface area contributed by atoms with E-state index in [1.165, 1.54) is 16.7 Å². The summed E-state index contributed by atoms with van der Waals surface area (Å²) in [7, 11) is 3.43. The van der Waals surface area contributed by atoms with Crippen LogP contribution in [0.3, 0.4) is 0 Å². The standard InChI is InChI=1S/C21H19N3O2S2/c1-24(2)20(26)16-11-9-15(10-12-16)6-5-13-22-19(25)14-27-21-23-17-7-3-4-8-18(17)28-21/h3-4,7-12H,13-14H2,1-2H3,(H,22,25). The Kier molecular flexibility index (Phi) is 6.69. The predicted molar refractivity (Wildman–Crippen MR) is 115 cm³/mol. The number of amides is 2. The number of fused-ring (bicyclic) bond motifs is 1. The Labute approximate surface area is 172 Å². The molecule has 0 saturated carbocycles. The van der Waals surface area contributed by atoms with E-state index >= 15 is 0 Å². The highest BCUT2D eigenvalue weighted by molar-refractivity contribution is 8.01. The molecule has 1 heterocycles. The van der Waals surface area contributed by atoms with E-state index in [2.05, 4.69) is 22.1 Å². The van der Waals surface area contributed by atoms with Gasteiger partial charge in [0.2, 0.25) is 5.91 Å². The lowest BCUT2D eigenvalue weighted by Gasteiger charge is -2.09. The molecule has 0 bridgehead atoms. The molecular formula is C21H19N3O2S2. The zero-order valence-electron chi connectivity index (χ0n) is 15.6. The zero-order chi connectivity index (χ0) is 19.9. The molecule has 0 saturated heterocycles. The maximum Gasteiger partial charge on any atom is 0.253 e. The number of nitrogens with zero attached hydrogens (tertiary/aromatic N) is 2. The Hall–Kier alpha value is -2.82. The Balaban J connectivity index is 1.44. The summed E-state index contributed by atoms with van der Waals surface area (Å²) in [5.41, 5.74) is 2.38. The SMILES string of the molecule is CN(C)C(=O)c1ccc(C#CCNC(=O)CSc2nc3ccccc3s2)cc1. The van der Waals surface area contributed by atoms with Crippen molar-refractivity contribution >= 4 is 45.1 Å². The first-order valence-electron chi connectivity index (χ1n) is 8.58. The van der Waals surface area contributed by atoms with E-state index < -0.39 is 0 Å². The molecule has 7 heteroatoms. The molecule has 5 nitrogen and oxygen atoms in total. The minimum atomic E-state index is -0.0783. The highest BCUT2D eigenvalue weighted by Crippen LogP contribution is 2.28. The van der Waals surface area contributed by atoms with Gasteiger partial charge in [0.25, 0.3) is 5.91 Å². The summed E-state index contributed by atoms with van der Waals surface area (Å²) in [5.74, 6) is 6.09. The van der Waals surface area contributed by atoms with Crippen LogP contribution in [0.15, 0.2) is 52.9 Å². The lowest BCUT2D eigenvalue weighted by atomic mass is 10.1. The van der Waals surface area contributed by atoms with Crippen LogP contribution in [-0.2, 0) is 4.79 Å². The normalized spacial score (nSPS) is 10.2. The largest absolute Gasteiger partial charge is 0.345 e. The van der Waals surface area contributed by atoms with Gasteiger partial charge >= 0.3 is 0 Å². The van der Waals surface area contributed by atoms with Crippen LogP contribution < -0.4 is 5.32 Å². The first-order valence-corrected chi connectivity index (χ1v) is 10.4. The van der Waals surface area contributed by atoms with Crippen LogP contribution in [0.2, 0.25) is 0 Å². The van der Waals surface area contributed by atoms with Gasteiger partial charge in [-0.2, -0.15) is 0 Å². The molecule has 0 aliphatic carbocycles. The molecule has 1 N–H and O–H groups in total. The Morgan fingerprint density at radius 2 is 1.89 bits per heavy atom. The van der Waals surface area contributed by atoms with Crippen LogP contribution in [-0.4, -0.2) is 48.1 Å². The lowest BCUT2D eigenvalue weighted by molar-refractivity contribution is -0.118. The fourth-order valence-corrected chi connectivity index (χ4v) is 4.23. The quantitative estimate of drug-likeness (QED) is 0.519. The van der Waals surface area contributed by atoms with Gasteiger partial charge in [-0.25, -0.2) is 4.98 Å². The molecule has 3 aromatic rings. The molecule has 2 aromatic carbocycles. The summed E-state index contributed by atoms with van der Waals surface area (Å²) in [6.45, 7) is 0.275. The second-order valence-electron chi connectivity index (χ2n) is 6.09. The molecule has 0 spiro atoms. The summed E-state index contributed by atoms with van der Waals surface area (Å²) in [4.78, 5) is 29.8. The lowest BCUT2D eigenvalue weighted by Crippen LogP contribution is -2.25. The van der Waals surface area contributed by atoms with E-state index in [4.69, 9.17) is 0 Å². The number of hydrogen-bond acceptors (Lipinski definition) is 5. The van der Waals surface area contributed by atoms with Gasteiger partial charge in [0.1, 0.15) is 0 Å². The molecule has 28 heavy (non-hydrogen) atoms. The maximum atomic E-state index is 12.0. The van der Waals surface area contributed by atoms with Crippen molar-refractivity contribution < 1.29 is 9.59 Å². The highest BCUT2D eigenvalue weighted by atomic mass is 32.2. The van der Waals surface area contributed by atoms with Gasteiger partial charge in [-0.15, -0.1) is 11.3 Å². The average Bonchev–Trinajstić information content (AvgIpc) is 3.12. The second kappa shape index (κ2) is 9.40. The molecule has 1 aromatic heterocycles. The minimum Gasteiger partial charge on any atom is -0.345 e. The Morgan fingerprint density at radius 3 is 2.61 bits per heavy atom. The molecule has 142 valence electrons. The Morgan fingerprint density at radius 1 is 1.14 bits per heavy atom. The van der Waals surface area contributed by atoms with Crippen molar-refractivity contribution in [1.29, 1.82) is 0 Å². The monoisotopic (exact) mass is 409 g/mol. The van der Waals surface area contributed by atoms with Gasteiger partial charge in [-0.3, -0.25) is 9.59 Å². The van der Waals surface area contributed by atoms with Gasteiger partial charge in [-0.1, -0.05) is 35.7 Å².